The minimum absolute atomic E-state index is 0.330. The van der Waals surface area contributed by atoms with E-state index >= 15 is 0 Å². The Kier molecular flexibility index (Phi) is 8.19. The largest absolute Gasteiger partial charge is 0.370 e. The molecule has 0 fully saturated rings. The van der Waals surface area contributed by atoms with Crippen LogP contribution in [0.3, 0.4) is 0 Å². The second-order valence-corrected chi connectivity index (χ2v) is 6.29. The molecule has 0 aromatic heterocycles. The summed E-state index contributed by atoms with van der Waals surface area (Å²) in [5, 5.41) is 11.0. The molecule has 19 heavy (non-hydrogen) atoms. The molecule has 5 heteroatoms. The zero-order valence-electron chi connectivity index (χ0n) is 13.3. The summed E-state index contributed by atoms with van der Waals surface area (Å²) >= 11 is 0. The van der Waals surface area contributed by atoms with E-state index in [4.69, 9.17) is 11.1 Å². The molecule has 0 aromatic carbocycles. The first-order valence-electron chi connectivity index (χ1n) is 7.12. The molecule has 0 aromatic rings. The fraction of sp³-hybridized carbons (Fsp3) is 0.857. The van der Waals surface area contributed by atoms with Gasteiger partial charge in [0.1, 0.15) is 0 Å². The molecular formula is C14H31N5. The van der Waals surface area contributed by atoms with E-state index in [1.807, 2.05) is 4.90 Å². The van der Waals surface area contributed by atoms with Crippen LogP contribution in [0.5, 0.6) is 0 Å². The molecule has 112 valence electrons. The maximum Gasteiger partial charge on any atom is 0.197 e. The molecule has 0 aliphatic rings. The summed E-state index contributed by atoms with van der Waals surface area (Å²) in [4.78, 5) is 6.24. The Morgan fingerprint density at radius 3 is 1.89 bits per heavy atom. The summed E-state index contributed by atoms with van der Waals surface area (Å²) in [5.74, 6) is 2.16. The molecular weight excluding hydrogens is 238 g/mol. The molecule has 0 atom stereocenters. The van der Waals surface area contributed by atoms with Gasteiger partial charge in [0.15, 0.2) is 11.9 Å². The third-order valence-corrected chi connectivity index (χ3v) is 2.36. The number of guanidine groups is 2. The van der Waals surface area contributed by atoms with Crippen LogP contribution in [0, 0.1) is 23.2 Å². The van der Waals surface area contributed by atoms with Crippen molar-refractivity contribution < 1.29 is 0 Å². The molecule has 0 aliphatic carbocycles. The first kappa shape index (κ1) is 17.7. The zero-order chi connectivity index (χ0) is 15.0. The smallest absolute Gasteiger partial charge is 0.197 e. The lowest BCUT2D eigenvalue weighted by Crippen LogP contribution is -2.48. The average molecular weight is 269 g/mol. The van der Waals surface area contributed by atoms with Gasteiger partial charge in [0, 0.05) is 19.6 Å². The van der Waals surface area contributed by atoms with E-state index in [1.54, 1.807) is 0 Å². The summed E-state index contributed by atoms with van der Waals surface area (Å²) < 4.78 is 0. The molecule has 0 spiro atoms. The highest BCUT2D eigenvalue weighted by molar-refractivity contribution is 5.96. The van der Waals surface area contributed by atoms with E-state index in [-0.39, 0.29) is 0 Å². The number of rotatable bonds is 6. The highest BCUT2D eigenvalue weighted by Gasteiger charge is 2.13. The lowest BCUT2D eigenvalue weighted by molar-refractivity contribution is 0.320. The van der Waals surface area contributed by atoms with Crippen molar-refractivity contribution in [2.24, 2.45) is 28.5 Å². The van der Waals surface area contributed by atoms with Crippen molar-refractivity contribution >= 4 is 11.9 Å². The first-order chi connectivity index (χ1) is 8.72. The van der Waals surface area contributed by atoms with E-state index in [0.717, 1.165) is 13.1 Å². The average Bonchev–Trinajstić information content (AvgIpc) is 2.24. The maximum absolute atomic E-state index is 8.10. The first-order valence-corrected chi connectivity index (χ1v) is 7.12. The molecule has 0 heterocycles. The highest BCUT2D eigenvalue weighted by atomic mass is 15.3. The number of nitrogens with one attached hydrogen (secondary N) is 2. The third kappa shape index (κ3) is 9.33. The third-order valence-electron chi connectivity index (χ3n) is 2.36. The van der Waals surface area contributed by atoms with Crippen molar-refractivity contribution in [1.82, 2.24) is 10.2 Å². The summed E-state index contributed by atoms with van der Waals surface area (Å²) in [5.41, 5.74) is 5.79. The van der Waals surface area contributed by atoms with Crippen LogP contribution in [0.15, 0.2) is 4.99 Å². The molecule has 5 nitrogen and oxygen atoms in total. The summed E-state index contributed by atoms with van der Waals surface area (Å²) in [6, 6.07) is 0. The van der Waals surface area contributed by atoms with Crippen LogP contribution < -0.4 is 11.1 Å². The fourth-order valence-electron chi connectivity index (χ4n) is 1.66. The molecule has 0 rings (SSSR count). The van der Waals surface area contributed by atoms with Gasteiger partial charge in [0.05, 0.1) is 0 Å². The van der Waals surface area contributed by atoms with Gasteiger partial charge in [0.25, 0.3) is 0 Å². The topological polar surface area (TPSA) is 77.5 Å². The number of hydrogen-bond donors (Lipinski definition) is 3. The van der Waals surface area contributed by atoms with Crippen LogP contribution in [0.25, 0.3) is 0 Å². The van der Waals surface area contributed by atoms with Gasteiger partial charge in [-0.2, -0.15) is 0 Å². The Hall–Kier alpha value is -1.26. The Morgan fingerprint density at radius 1 is 1.05 bits per heavy atom. The van der Waals surface area contributed by atoms with Crippen molar-refractivity contribution in [1.29, 1.82) is 5.41 Å². The predicted octanol–water partition coefficient (Wildman–Crippen LogP) is 2.10. The van der Waals surface area contributed by atoms with Gasteiger partial charge in [0.2, 0.25) is 0 Å². The quantitative estimate of drug-likeness (QED) is 0.510. The van der Waals surface area contributed by atoms with Crippen LogP contribution in [0.2, 0.25) is 0 Å². The van der Waals surface area contributed by atoms with Crippen molar-refractivity contribution in [2.75, 3.05) is 19.6 Å². The van der Waals surface area contributed by atoms with Crippen LogP contribution in [-0.4, -0.2) is 36.5 Å². The molecule has 0 saturated carbocycles. The van der Waals surface area contributed by atoms with E-state index in [1.165, 1.54) is 0 Å². The highest BCUT2D eigenvalue weighted by Crippen LogP contribution is 2.03. The number of nitrogens with two attached hydrogens (primary N) is 1. The monoisotopic (exact) mass is 269 g/mol. The minimum Gasteiger partial charge on any atom is -0.370 e. The molecule has 0 radical (unpaired) electrons. The van der Waals surface area contributed by atoms with Crippen molar-refractivity contribution in [2.45, 2.75) is 41.5 Å². The van der Waals surface area contributed by atoms with E-state index in [9.17, 15) is 0 Å². The van der Waals surface area contributed by atoms with E-state index in [0.29, 0.717) is 36.2 Å². The fourth-order valence-corrected chi connectivity index (χ4v) is 1.66. The Bertz CT molecular complexity index is 284. The van der Waals surface area contributed by atoms with Crippen LogP contribution in [0.1, 0.15) is 41.5 Å². The maximum atomic E-state index is 8.10. The van der Waals surface area contributed by atoms with Crippen molar-refractivity contribution in [3.63, 3.8) is 0 Å². The van der Waals surface area contributed by atoms with E-state index in [2.05, 4.69) is 51.9 Å². The van der Waals surface area contributed by atoms with Gasteiger partial charge in [-0.3, -0.25) is 15.7 Å². The standard InChI is InChI=1S/C14H31N5/c1-10(2)7-17-13(15)18-14(16)19(8-11(3)4)9-12(5)6/h10-12H,7-9H2,1-6H3,(H4,15,16,17,18). The number of nitrogens with zero attached hydrogens (tertiary/aromatic N) is 2. The van der Waals surface area contributed by atoms with E-state index < -0.39 is 0 Å². The lowest BCUT2D eigenvalue weighted by Gasteiger charge is -2.28. The minimum atomic E-state index is 0.330. The van der Waals surface area contributed by atoms with Gasteiger partial charge in [-0.25, -0.2) is 0 Å². The zero-order valence-corrected chi connectivity index (χ0v) is 13.3. The molecule has 4 N–H and O–H groups in total. The molecule has 0 amide bonds. The van der Waals surface area contributed by atoms with Crippen LogP contribution in [-0.2, 0) is 0 Å². The normalized spacial score (nSPS) is 12.4. The molecule has 0 saturated heterocycles. The van der Waals surface area contributed by atoms with Gasteiger partial charge in [-0.05, 0) is 17.8 Å². The summed E-state index contributed by atoms with van der Waals surface area (Å²) in [7, 11) is 0. The molecule has 0 bridgehead atoms. The van der Waals surface area contributed by atoms with Crippen molar-refractivity contribution in [3.05, 3.63) is 0 Å². The summed E-state index contributed by atoms with van der Waals surface area (Å²) in [6.45, 7) is 15.2. The predicted molar refractivity (Wildman–Crippen MR) is 83.4 cm³/mol. The van der Waals surface area contributed by atoms with Crippen LogP contribution >= 0.6 is 0 Å². The summed E-state index contributed by atoms with van der Waals surface area (Å²) in [6.07, 6.45) is 0. The lowest BCUT2D eigenvalue weighted by atomic mass is 10.1. The molecule has 0 aliphatic heterocycles. The number of hydrogen-bond acceptors (Lipinski definition) is 2. The Labute approximate surface area is 118 Å². The Balaban J connectivity index is 4.49. The van der Waals surface area contributed by atoms with Crippen molar-refractivity contribution in [3.8, 4) is 0 Å². The van der Waals surface area contributed by atoms with Crippen LogP contribution in [0.4, 0.5) is 0 Å². The molecule has 0 unspecified atom stereocenters. The SMILES string of the molecule is CC(C)CN=C(N)NC(=N)N(CC(C)C)CC(C)C. The Morgan fingerprint density at radius 2 is 1.53 bits per heavy atom. The van der Waals surface area contributed by atoms with Gasteiger partial charge >= 0.3 is 0 Å². The second kappa shape index (κ2) is 8.77. The number of aliphatic imine (C=N–C) groups is 1. The van der Waals surface area contributed by atoms with Gasteiger partial charge in [-0.1, -0.05) is 41.5 Å². The van der Waals surface area contributed by atoms with Gasteiger partial charge in [-0.15, -0.1) is 0 Å². The second-order valence-electron chi connectivity index (χ2n) is 6.29. The van der Waals surface area contributed by atoms with Gasteiger partial charge < -0.3 is 10.6 Å².